The van der Waals surface area contributed by atoms with Gasteiger partial charge in [0.05, 0.1) is 11.3 Å². The summed E-state index contributed by atoms with van der Waals surface area (Å²) in [5, 5.41) is 9.14. The van der Waals surface area contributed by atoms with E-state index in [-0.39, 0.29) is 5.92 Å². The van der Waals surface area contributed by atoms with Crippen LogP contribution in [-0.2, 0) is 0 Å². The zero-order chi connectivity index (χ0) is 12.7. The fraction of sp³-hybridized carbons (Fsp3) is 0.231. The molecular formula is C13H10BrNO3. The van der Waals surface area contributed by atoms with Crippen molar-refractivity contribution >= 4 is 21.9 Å². The van der Waals surface area contributed by atoms with E-state index in [1.54, 1.807) is 18.2 Å². The van der Waals surface area contributed by atoms with E-state index in [0.717, 1.165) is 12.8 Å². The Balaban J connectivity index is 2.07. The lowest BCUT2D eigenvalue weighted by atomic mass is 10.1. The molecule has 18 heavy (non-hydrogen) atoms. The summed E-state index contributed by atoms with van der Waals surface area (Å²) >= 11 is 3.24. The molecule has 0 saturated heterocycles. The molecule has 2 aromatic heterocycles. The van der Waals surface area contributed by atoms with Gasteiger partial charge in [-0.05, 0) is 53.0 Å². The second kappa shape index (κ2) is 4.24. The molecule has 1 saturated carbocycles. The summed E-state index contributed by atoms with van der Waals surface area (Å²) in [7, 11) is 0. The topological polar surface area (TPSA) is 63.3 Å². The van der Waals surface area contributed by atoms with E-state index >= 15 is 0 Å². The standard InChI is InChI=1S/C13H10BrNO3/c14-11-6-5-10(18-11)9-4-3-8(13(16)17)12(15-9)7-1-2-7/h3-7H,1-2H2,(H,16,17). The fourth-order valence-corrected chi connectivity index (χ4v) is 2.22. The van der Waals surface area contributed by atoms with Gasteiger partial charge in [0.2, 0.25) is 0 Å². The third kappa shape index (κ3) is 2.06. The SMILES string of the molecule is O=C(O)c1ccc(-c2ccc(Br)o2)nc1C1CC1. The first-order valence-corrected chi connectivity index (χ1v) is 6.44. The van der Waals surface area contributed by atoms with Gasteiger partial charge in [-0.3, -0.25) is 0 Å². The molecule has 0 amide bonds. The van der Waals surface area contributed by atoms with Gasteiger partial charge in [0.15, 0.2) is 10.4 Å². The second-order valence-corrected chi connectivity index (χ2v) is 5.09. The maximum Gasteiger partial charge on any atom is 0.337 e. The lowest BCUT2D eigenvalue weighted by Gasteiger charge is -2.05. The van der Waals surface area contributed by atoms with Gasteiger partial charge in [-0.2, -0.15) is 0 Å². The van der Waals surface area contributed by atoms with Gasteiger partial charge in [0, 0.05) is 5.92 Å². The highest BCUT2D eigenvalue weighted by molar-refractivity contribution is 9.10. The zero-order valence-corrected chi connectivity index (χ0v) is 11.0. The minimum atomic E-state index is -0.920. The number of carboxylic acid groups (broad SMARTS) is 1. The number of hydrogen-bond acceptors (Lipinski definition) is 3. The van der Waals surface area contributed by atoms with Crippen molar-refractivity contribution in [2.24, 2.45) is 0 Å². The van der Waals surface area contributed by atoms with Gasteiger partial charge in [-0.15, -0.1) is 0 Å². The van der Waals surface area contributed by atoms with E-state index in [2.05, 4.69) is 20.9 Å². The van der Waals surface area contributed by atoms with Crippen LogP contribution in [0.5, 0.6) is 0 Å². The molecule has 5 heteroatoms. The van der Waals surface area contributed by atoms with Crippen LogP contribution in [0.3, 0.4) is 0 Å². The van der Waals surface area contributed by atoms with Crippen molar-refractivity contribution in [1.82, 2.24) is 4.98 Å². The minimum absolute atomic E-state index is 0.287. The highest BCUT2D eigenvalue weighted by atomic mass is 79.9. The van der Waals surface area contributed by atoms with E-state index in [0.29, 0.717) is 27.4 Å². The summed E-state index contributed by atoms with van der Waals surface area (Å²) < 4.78 is 6.07. The molecule has 0 radical (unpaired) electrons. The number of pyridine rings is 1. The Morgan fingerprint density at radius 2 is 2.11 bits per heavy atom. The van der Waals surface area contributed by atoms with Crippen LogP contribution < -0.4 is 0 Å². The van der Waals surface area contributed by atoms with Gasteiger partial charge in [0.1, 0.15) is 5.69 Å². The predicted molar refractivity (Wildman–Crippen MR) is 68.6 cm³/mol. The van der Waals surface area contributed by atoms with E-state index in [9.17, 15) is 4.79 Å². The van der Waals surface area contributed by atoms with Crippen LogP contribution >= 0.6 is 15.9 Å². The van der Waals surface area contributed by atoms with Crippen molar-refractivity contribution in [3.05, 3.63) is 40.2 Å². The Bertz CT molecular complexity index is 616. The van der Waals surface area contributed by atoms with Gasteiger partial charge < -0.3 is 9.52 Å². The summed E-state index contributed by atoms with van der Waals surface area (Å²) in [6.45, 7) is 0. The average molecular weight is 308 g/mol. The van der Waals surface area contributed by atoms with Crippen LogP contribution in [-0.4, -0.2) is 16.1 Å². The normalized spacial score (nSPS) is 14.7. The van der Waals surface area contributed by atoms with Gasteiger partial charge >= 0.3 is 5.97 Å². The molecule has 0 spiro atoms. The molecule has 0 bridgehead atoms. The Hall–Kier alpha value is -1.62. The maximum atomic E-state index is 11.1. The lowest BCUT2D eigenvalue weighted by molar-refractivity contribution is 0.0695. The molecule has 1 N–H and O–H groups in total. The molecule has 4 nitrogen and oxygen atoms in total. The number of nitrogens with zero attached hydrogens (tertiary/aromatic N) is 1. The van der Waals surface area contributed by atoms with E-state index < -0.39 is 5.97 Å². The Morgan fingerprint density at radius 1 is 1.33 bits per heavy atom. The van der Waals surface area contributed by atoms with E-state index in [1.165, 1.54) is 0 Å². The molecule has 92 valence electrons. The maximum absolute atomic E-state index is 11.1. The van der Waals surface area contributed by atoms with Crippen LogP contribution in [0.25, 0.3) is 11.5 Å². The van der Waals surface area contributed by atoms with Gasteiger partial charge in [-0.25, -0.2) is 9.78 Å². The third-order valence-corrected chi connectivity index (χ3v) is 3.37. The molecule has 1 aliphatic carbocycles. The number of hydrogen-bond donors (Lipinski definition) is 1. The summed E-state index contributed by atoms with van der Waals surface area (Å²) in [5.74, 6) is 0.00624. The van der Waals surface area contributed by atoms with Crippen LogP contribution in [0.1, 0.15) is 34.8 Å². The molecule has 3 rings (SSSR count). The quantitative estimate of drug-likeness (QED) is 0.939. The molecule has 1 fully saturated rings. The summed E-state index contributed by atoms with van der Waals surface area (Å²) in [5.41, 5.74) is 1.65. The highest BCUT2D eigenvalue weighted by Crippen LogP contribution is 2.41. The van der Waals surface area contributed by atoms with E-state index in [1.807, 2.05) is 6.07 Å². The molecule has 1 aliphatic rings. The highest BCUT2D eigenvalue weighted by Gasteiger charge is 2.30. The summed E-state index contributed by atoms with van der Waals surface area (Å²) in [6.07, 6.45) is 2.02. The van der Waals surface area contributed by atoms with Crippen molar-refractivity contribution in [3.8, 4) is 11.5 Å². The van der Waals surface area contributed by atoms with Gasteiger partial charge in [0.25, 0.3) is 0 Å². The smallest absolute Gasteiger partial charge is 0.337 e. The average Bonchev–Trinajstić information content (AvgIpc) is 3.11. The summed E-state index contributed by atoms with van der Waals surface area (Å²) in [4.78, 5) is 15.6. The number of furan rings is 1. The molecule has 2 aromatic rings. The fourth-order valence-electron chi connectivity index (χ4n) is 1.91. The molecular weight excluding hydrogens is 298 g/mol. The van der Waals surface area contributed by atoms with Crippen molar-refractivity contribution in [1.29, 1.82) is 0 Å². The third-order valence-electron chi connectivity index (χ3n) is 2.94. The van der Waals surface area contributed by atoms with Crippen LogP contribution in [0.4, 0.5) is 0 Å². The first-order valence-electron chi connectivity index (χ1n) is 5.65. The van der Waals surface area contributed by atoms with Crippen LogP contribution in [0.2, 0.25) is 0 Å². The largest absolute Gasteiger partial charge is 0.478 e. The second-order valence-electron chi connectivity index (χ2n) is 4.31. The molecule has 0 aliphatic heterocycles. The Labute approximate surface area is 112 Å². The van der Waals surface area contributed by atoms with Crippen molar-refractivity contribution in [2.45, 2.75) is 18.8 Å². The van der Waals surface area contributed by atoms with Crippen molar-refractivity contribution in [2.75, 3.05) is 0 Å². The molecule has 0 unspecified atom stereocenters. The van der Waals surface area contributed by atoms with Crippen molar-refractivity contribution < 1.29 is 14.3 Å². The van der Waals surface area contributed by atoms with Crippen LogP contribution in [0.15, 0.2) is 33.4 Å². The Kier molecular flexibility index (Phi) is 2.70. The molecule has 0 atom stereocenters. The number of aromatic nitrogens is 1. The predicted octanol–water partition coefficient (Wildman–Crippen LogP) is 3.68. The first-order chi connectivity index (χ1) is 8.65. The molecule has 2 heterocycles. The number of carbonyl (C=O) groups is 1. The first kappa shape index (κ1) is 11.5. The van der Waals surface area contributed by atoms with Gasteiger partial charge in [-0.1, -0.05) is 0 Å². The lowest BCUT2D eigenvalue weighted by Crippen LogP contribution is -2.04. The van der Waals surface area contributed by atoms with E-state index in [4.69, 9.17) is 9.52 Å². The monoisotopic (exact) mass is 307 g/mol. The van der Waals surface area contributed by atoms with Crippen molar-refractivity contribution in [3.63, 3.8) is 0 Å². The Morgan fingerprint density at radius 3 is 2.67 bits per heavy atom. The zero-order valence-electron chi connectivity index (χ0n) is 9.39. The number of halogens is 1. The number of rotatable bonds is 3. The minimum Gasteiger partial charge on any atom is -0.478 e. The number of carboxylic acids is 1. The summed E-state index contributed by atoms with van der Waals surface area (Å²) in [6, 6.07) is 6.89. The molecule has 0 aromatic carbocycles. The van der Waals surface area contributed by atoms with Crippen LogP contribution in [0, 0.1) is 0 Å². The number of aromatic carboxylic acids is 1.